The first-order valence-electron chi connectivity index (χ1n) is 11.2. The number of benzene rings is 2. The molecule has 1 saturated heterocycles. The van der Waals surface area contributed by atoms with Gasteiger partial charge in [-0.1, -0.05) is 36.8 Å². The SMILES string of the molecule is C[C@]1(O)CN[C@](COCc2cc(C(F)(F)F)cc(C(F)(F)F)c2)(c2ccccc2)[C@@H]2CCC[C@@H]21. The molecule has 2 fully saturated rings. The molecule has 1 heterocycles. The molecule has 0 bridgehead atoms. The van der Waals surface area contributed by atoms with Gasteiger partial charge in [0.2, 0.25) is 0 Å². The van der Waals surface area contributed by atoms with E-state index in [9.17, 15) is 31.4 Å². The number of piperidine rings is 1. The van der Waals surface area contributed by atoms with Crippen LogP contribution in [0.3, 0.4) is 0 Å². The van der Waals surface area contributed by atoms with Crippen molar-refractivity contribution in [1.82, 2.24) is 5.32 Å². The van der Waals surface area contributed by atoms with Crippen LogP contribution >= 0.6 is 0 Å². The van der Waals surface area contributed by atoms with Crippen molar-refractivity contribution >= 4 is 0 Å². The summed E-state index contributed by atoms with van der Waals surface area (Å²) in [6, 6.07) is 11.0. The molecule has 0 spiro atoms. The molecule has 34 heavy (non-hydrogen) atoms. The molecule has 0 unspecified atom stereocenters. The third-order valence-corrected chi connectivity index (χ3v) is 7.24. The first-order valence-corrected chi connectivity index (χ1v) is 11.2. The maximum atomic E-state index is 13.2. The van der Waals surface area contributed by atoms with Crippen LogP contribution < -0.4 is 5.32 Å². The number of hydrogen-bond donors (Lipinski definition) is 2. The summed E-state index contributed by atoms with van der Waals surface area (Å²) in [5, 5.41) is 14.4. The van der Waals surface area contributed by atoms with E-state index in [0.717, 1.165) is 24.8 Å². The van der Waals surface area contributed by atoms with Gasteiger partial charge in [0.15, 0.2) is 0 Å². The van der Waals surface area contributed by atoms with Gasteiger partial charge in [0, 0.05) is 6.54 Å². The minimum atomic E-state index is -4.91. The Hall–Kier alpha value is -2.10. The van der Waals surface area contributed by atoms with Crippen molar-refractivity contribution in [2.45, 2.75) is 56.3 Å². The summed E-state index contributed by atoms with van der Waals surface area (Å²) in [5.41, 5.74) is -3.62. The molecule has 186 valence electrons. The Morgan fingerprint density at radius 1 is 0.941 bits per heavy atom. The number of aliphatic hydroxyl groups is 1. The lowest BCUT2D eigenvalue weighted by Gasteiger charge is -2.52. The highest BCUT2D eigenvalue weighted by Gasteiger charge is 2.55. The van der Waals surface area contributed by atoms with Crippen LogP contribution in [0.15, 0.2) is 48.5 Å². The Kier molecular flexibility index (Phi) is 6.50. The van der Waals surface area contributed by atoms with Gasteiger partial charge in [-0.25, -0.2) is 0 Å². The molecule has 2 aromatic carbocycles. The van der Waals surface area contributed by atoms with E-state index in [0.29, 0.717) is 18.7 Å². The molecule has 1 aliphatic carbocycles. The van der Waals surface area contributed by atoms with Gasteiger partial charge in [0.25, 0.3) is 0 Å². The normalized spacial score (nSPS) is 29.8. The highest BCUT2D eigenvalue weighted by atomic mass is 19.4. The van der Waals surface area contributed by atoms with E-state index in [2.05, 4.69) is 5.32 Å². The number of β-amino-alcohol motifs (C(OH)–C–C–N with tert-alkyl or cyclic N) is 1. The van der Waals surface area contributed by atoms with Crippen LogP contribution in [0, 0.1) is 11.8 Å². The van der Waals surface area contributed by atoms with Crippen LogP contribution in [0.1, 0.15) is 48.4 Å². The molecule has 4 rings (SSSR count). The van der Waals surface area contributed by atoms with Gasteiger partial charge in [-0.15, -0.1) is 0 Å². The van der Waals surface area contributed by atoms with Crippen LogP contribution in [0.4, 0.5) is 26.3 Å². The zero-order chi connectivity index (χ0) is 24.8. The van der Waals surface area contributed by atoms with E-state index in [1.165, 1.54) is 0 Å². The van der Waals surface area contributed by atoms with Crippen molar-refractivity contribution < 1.29 is 36.2 Å². The summed E-state index contributed by atoms with van der Waals surface area (Å²) >= 11 is 0. The summed E-state index contributed by atoms with van der Waals surface area (Å²) in [5.74, 6) is 0.00819. The molecule has 0 radical (unpaired) electrons. The largest absolute Gasteiger partial charge is 0.416 e. The van der Waals surface area contributed by atoms with Crippen molar-refractivity contribution in [3.8, 4) is 0 Å². The number of halogens is 6. The number of alkyl halides is 6. The first kappa shape index (κ1) is 25.0. The van der Waals surface area contributed by atoms with Gasteiger partial charge >= 0.3 is 12.4 Å². The highest BCUT2D eigenvalue weighted by Crippen LogP contribution is 2.51. The Bertz CT molecular complexity index is 972. The van der Waals surface area contributed by atoms with Crippen molar-refractivity contribution in [3.63, 3.8) is 0 Å². The lowest BCUT2D eigenvalue weighted by atomic mass is 9.65. The number of rotatable bonds is 5. The third-order valence-electron chi connectivity index (χ3n) is 7.24. The van der Waals surface area contributed by atoms with E-state index < -0.39 is 41.2 Å². The molecule has 4 atom stereocenters. The zero-order valence-corrected chi connectivity index (χ0v) is 18.6. The lowest BCUT2D eigenvalue weighted by Crippen LogP contribution is -2.65. The van der Waals surface area contributed by atoms with Crippen molar-refractivity contribution in [2.24, 2.45) is 11.8 Å². The minimum absolute atomic E-state index is 0.00273. The van der Waals surface area contributed by atoms with Gasteiger partial charge in [0.1, 0.15) is 0 Å². The molecule has 0 aromatic heterocycles. The molecule has 3 nitrogen and oxygen atoms in total. The van der Waals surface area contributed by atoms with Crippen molar-refractivity contribution in [2.75, 3.05) is 13.2 Å². The third kappa shape index (κ3) is 4.83. The Morgan fingerprint density at radius 2 is 1.53 bits per heavy atom. The number of hydrogen-bond acceptors (Lipinski definition) is 3. The van der Waals surface area contributed by atoms with Crippen LogP contribution in [0.2, 0.25) is 0 Å². The van der Waals surface area contributed by atoms with Gasteiger partial charge in [-0.2, -0.15) is 26.3 Å². The van der Waals surface area contributed by atoms with E-state index in [-0.39, 0.29) is 30.1 Å². The quantitative estimate of drug-likeness (QED) is 0.516. The summed E-state index contributed by atoms with van der Waals surface area (Å²) in [6.07, 6.45) is -7.22. The van der Waals surface area contributed by atoms with Gasteiger partial charge in [0.05, 0.1) is 35.5 Å². The smallest absolute Gasteiger partial charge is 0.389 e. The maximum Gasteiger partial charge on any atom is 0.416 e. The summed E-state index contributed by atoms with van der Waals surface area (Å²) in [6.45, 7) is 1.73. The van der Waals surface area contributed by atoms with Gasteiger partial charge < -0.3 is 15.2 Å². The predicted molar refractivity (Wildman–Crippen MR) is 114 cm³/mol. The van der Waals surface area contributed by atoms with Crippen molar-refractivity contribution in [3.05, 3.63) is 70.8 Å². The lowest BCUT2D eigenvalue weighted by molar-refractivity contribution is -0.143. The first-order chi connectivity index (χ1) is 15.8. The Balaban J connectivity index is 1.62. The summed E-state index contributed by atoms with van der Waals surface area (Å²) in [7, 11) is 0. The standard InChI is InChI=1S/C25H27F6NO2/c1-22(33)14-32-23(17-6-3-2-4-7-17,21-9-5-8-20(21)22)15-34-13-16-10-18(24(26,27)28)12-19(11-16)25(29,30)31/h2-4,6-7,10-12,20-21,32-33H,5,8-9,13-15H2,1H3/t20-,21+,22-,23+/m0/s1. The molecule has 2 aromatic rings. The number of fused-ring (bicyclic) bond motifs is 1. The molecular formula is C25H27F6NO2. The average molecular weight is 487 g/mol. The zero-order valence-electron chi connectivity index (χ0n) is 18.6. The second-order valence-electron chi connectivity index (χ2n) is 9.60. The fourth-order valence-electron chi connectivity index (χ4n) is 5.62. The fourth-order valence-corrected chi connectivity index (χ4v) is 5.62. The van der Waals surface area contributed by atoms with E-state index in [1.54, 1.807) is 6.92 Å². The molecule has 1 aliphatic heterocycles. The molecular weight excluding hydrogens is 460 g/mol. The monoisotopic (exact) mass is 487 g/mol. The molecule has 2 aliphatic rings. The molecule has 2 N–H and O–H groups in total. The average Bonchev–Trinajstić information content (AvgIpc) is 3.27. The summed E-state index contributed by atoms with van der Waals surface area (Å²) < 4.78 is 85.1. The molecule has 0 amide bonds. The topological polar surface area (TPSA) is 41.5 Å². The Labute approximate surface area is 194 Å². The van der Waals surface area contributed by atoms with Crippen LogP contribution in [-0.2, 0) is 29.2 Å². The molecule has 9 heteroatoms. The Morgan fingerprint density at radius 3 is 2.12 bits per heavy atom. The second-order valence-corrected chi connectivity index (χ2v) is 9.60. The van der Waals surface area contributed by atoms with Gasteiger partial charge in [-0.3, -0.25) is 0 Å². The fraction of sp³-hybridized carbons (Fsp3) is 0.520. The second kappa shape index (κ2) is 8.84. The summed E-state index contributed by atoms with van der Waals surface area (Å²) in [4.78, 5) is 0. The van der Waals surface area contributed by atoms with Gasteiger partial charge in [-0.05, 0) is 60.9 Å². The van der Waals surface area contributed by atoms with E-state index in [1.807, 2.05) is 30.3 Å². The highest BCUT2D eigenvalue weighted by molar-refractivity contribution is 5.34. The minimum Gasteiger partial charge on any atom is -0.389 e. The van der Waals surface area contributed by atoms with Crippen LogP contribution in [0.5, 0.6) is 0 Å². The van der Waals surface area contributed by atoms with E-state index >= 15 is 0 Å². The van der Waals surface area contributed by atoms with Crippen LogP contribution in [-0.4, -0.2) is 23.9 Å². The number of nitrogens with one attached hydrogen (secondary N) is 1. The van der Waals surface area contributed by atoms with Crippen LogP contribution in [0.25, 0.3) is 0 Å². The maximum absolute atomic E-state index is 13.2. The number of ether oxygens (including phenoxy) is 1. The predicted octanol–water partition coefficient (Wildman–Crippen LogP) is 5.91. The molecule has 1 saturated carbocycles. The van der Waals surface area contributed by atoms with E-state index in [4.69, 9.17) is 4.74 Å². The van der Waals surface area contributed by atoms with Crippen molar-refractivity contribution in [1.29, 1.82) is 0 Å².